The first-order valence-electron chi connectivity index (χ1n) is 9.54. The van der Waals surface area contributed by atoms with Gasteiger partial charge >= 0.3 is 0 Å². The molecule has 2 aromatic rings. The van der Waals surface area contributed by atoms with Crippen molar-refractivity contribution in [1.29, 1.82) is 0 Å². The van der Waals surface area contributed by atoms with Crippen molar-refractivity contribution < 1.29 is 19.1 Å². The fourth-order valence-electron chi connectivity index (χ4n) is 2.71. The number of ether oxygens (including phenoxy) is 2. The van der Waals surface area contributed by atoms with Crippen LogP contribution in [0.25, 0.3) is 0 Å². The van der Waals surface area contributed by atoms with Crippen molar-refractivity contribution >= 4 is 22.9 Å². The van der Waals surface area contributed by atoms with E-state index in [4.69, 9.17) is 15.2 Å². The number of nitrogens with two attached hydrogens (primary N) is 1. The zero-order valence-corrected chi connectivity index (χ0v) is 17.8. The second-order valence-corrected chi connectivity index (χ2v) is 7.80. The Morgan fingerprint density at radius 3 is 2.17 bits per heavy atom. The molecule has 0 saturated carbocycles. The van der Waals surface area contributed by atoms with Crippen LogP contribution >= 0.6 is 11.8 Å². The zero-order chi connectivity index (χ0) is 21.2. The van der Waals surface area contributed by atoms with Crippen LogP contribution in [0, 0.1) is 0 Å². The van der Waals surface area contributed by atoms with Crippen molar-refractivity contribution in [3.63, 3.8) is 0 Å². The zero-order valence-electron chi connectivity index (χ0n) is 17.0. The number of hydrogen-bond acceptors (Lipinski definition) is 6. The van der Waals surface area contributed by atoms with E-state index in [-0.39, 0.29) is 22.3 Å². The minimum absolute atomic E-state index is 0.214. The largest absolute Gasteiger partial charge is 0.497 e. The van der Waals surface area contributed by atoms with E-state index in [2.05, 4.69) is 12.2 Å². The number of benzene rings is 2. The molecule has 3 rings (SSSR count). The molecule has 1 fully saturated rings. The van der Waals surface area contributed by atoms with E-state index in [9.17, 15) is 9.59 Å². The third-order valence-corrected chi connectivity index (χ3v) is 5.28. The molecular weight excluding hydrogens is 388 g/mol. The fraction of sp³-hybridized carbons (Fsp3) is 0.364. The summed E-state index contributed by atoms with van der Waals surface area (Å²) in [5, 5.41) is 1.69. The number of nitrogens with one attached hydrogen (secondary N) is 1. The number of imide groups is 1. The molecule has 3 N–H and O–H groups in total. The predicted molar refractivity (Wildman–Crippen MR) is 117 cm³/mol. The van der Waals surface area contributed by atoms with Crippen molar-refractivity contribution in [2.24, 2.45) is 5.73 Å². The Kier molecular flexibility index (Phi) is 9.02. The molecule has 1 aliphatic heterocycles. The van der Waals surface area contributed by atoms with Crippen LogP contribution in [0.15, 0.2) is 48.5 Å². The molecule has 1 saturated heterocycles. The summed E-state index contributed by atoms with van der Waals surface area (Å²) in [5.41, 5.74) is 7.04. The smallest absolute Gasteiger partial charge is 0.286 e. The lowest BCUT2D eigenvalue weighted by Gasteiger charge is -2.14. The molecule has 2 unspecified atom stereocenters. The predicted octanol–water partition coefficient (Wildman–Crippen LogP) is 3.74. The van der Waals surface area contributed by atoms with Gasteiger partial charge in [-0.3, -0.25) is 14.9 Å². The van der Waals surface area contributed by atoms with Crippen LogP contribution in [0.3, 0.4) is 0 Å². The molecule has 2 aromatic carbocycles. The van der Waals surface area contributed by atoms with Crippen LogP contribution in [0.4, 0.5) is 4.79 Å². The Morgan fingerprint density at radius 1 is 1.07 bits per heavy atom. The van der Waals surface area contributed by atoms with Gasteiger partial charge in [0.2, 0.25) is 5.91 Å². The number of amides is 2. The monoisotopic (exact) mass is 416 g/mol. The van der Waals surface area contributed by atoms with Crippen molar-refractivity contribution in [3.8, 4) is 11.5 Å². The van der Waals surface area contributed by atoms with Gasteiger partial charge in [-0.25, -0.2) is 0 Å². The molecule has 6 nitrogen and oxygen atoms in total. The summed E-state index contributed by atoms with van der Waals surface area (Å²) in [5.74, 6) is 1.67. The molecule has 29 heavy (non-hydrogen) atoms. The highest BCUT2D eigenvalue weighted by molar-refractivity contribution is 8.15. The average Bonchev–Trinajstić information content (AvgIpc) is 3.04. The quantitative estimate of drug-likeness (QED) is 0.715. The van der Waals surface area contributed by atoms with Crippen molar-refractivity contribution in [2.45, 2.75) is 31.4 Å². The highest BCUT2D eigenvalue weighted by Gasteiger charge is 2.31. The van der Waals surface area contributed by atoms with E-state index in [1.54, 1.807) is 7.11 Å². The van der Waals surface area contributed by atoms with Crippen LogP contribution in [0.1, 0.15) is 30.9 Å². The van der Waals surface area contributed by atoms with Crippen molar-refractivity contribution in [1.82, 2.24) is 5.32 Å². The molecule has 2 atom stereocenters. The molecule has 1 aliphatic rings. The molecule has 0 radical (unpaired) electrons. The normalized spacial score (nSPS) is 16.5. The fourth-order valence-corrected chi connectivity index (χ4v) is 3.57. The number of carbonyl (C=O) groups is 2. The third-order valence-electron chi connectivity index (χ3n) is 4.30. The van der Waals surface area contributed by atoms with E-state index in [0.717, 1.165) is 35.4 Å². The Bertz CT molecular complexity index is 793. The second-order valence-electron chi connectivity index (χ2n) is 6.62. The second kappa shape index (κ2) is 11.5. The summed E-state index contributed by atoms with van der Waals surface area (Å²) in [4.78, 5) is 22.8. The highest BCUT2D eigenvalue weighted by Crippen LogP contribution is 2.25. The van der Waals surface area contributed by atoms with Gasteiger partial charge in [0, 0.05) is 5.92 Å². The summed E-state index contributed by atoms with van der Waals surface area (Å²) in [6, 6.07) is 15.6. The molecule has 2 amide bonds. The van der Waals surface area contributed by atoms with E-state index in [1.807, 2.05) is 55.5 Å². The molecule has 7 heteroatoms. The van der Waals surface area contributed by atoms with E-state index < -0.39 is 0 Å². The molecule has 0 aromatic heterocycles. The Morgan fingerprint density at radius 2 is 1.66 bits per heavy atom. The lowest BCUT2D eigenvalue weighted by molar-refractivity contribution is -0.118. The van der Waals surface area contributed by atoms with Crippen LogP contribution in [-0.2, 0) is 11.2 Å². The summed E-state index contributed by atoms with van der Waals surface area (Å²) in [6.07, 6.45) is 0.533. The summed E-state index contributed by atoms with van der Waals surface area (Å²) in [7, 11) is 1.65. The van der Waals surface area contributed by atoms with Gasteiger partial charge in [0.1, 0.15) is 11.5 Å². The molecular formula is C22H28N2O4S. The van der Waals surface area contributed by atoms with Gasteiger partial charge in [0.15, 0.2) is 0 Å². The summed E-state index contributed by atoms with van der Waals surface area (Å²) < 4.78 is 11.0. The first-order valence-corrected chi connectivity index (χ1v) is 10.4. The van der Waals surface area contributed by atoms with Crippen molar-refractivity contribution in [3.05, 3.63) is 59.7 Å². The maximum atomic E-state index is 11.6. The molecule has 156 valence electrons. The number of rotatable bonds is 7. The van der Waals surface area contributed by atoms with Gasteiger partial charge in [0.05, 0.1) is 19.0 Å². The number of thioether (sulfide) groups is 1. The topological polar surface area (TPSA) is 90.7 Å². The lowest BCUT2D eigenvalue weighted by Crippen LogP contribution is -2.25. The molecule has 1 heterocycles. The van der Waals surface area contributed by atoms with E-state index in [0.29, 0.717) is 13.0 Å². The van der Waals surface area contributed by atoms with Crippen LogP contribution < -0.4 is 20.5 Å². The Labute approximate surface area is 176 Å². The molecule has 0 bridgehead atoms. The highest BCUT2D eigenvalue weighted by atomic mass is 32.2. The average molecular weight is 417 g/mol. The first kappa shape index (κ1) is 22.8. The van der Waals surface area contributed by atoms with Crippen LogP contribution in [-0.4, -0.2) is 36.7 Å². The van der Waals surface area contributed by atoms with E-state index >= 15 is 0 Å². The Hall–Kier alpha value is -2.51. The van der Waals surface area contributed by atoms with Gasteiger partial charge in [-0.15, -0.1) is 0 Å². The van der Waals surface area contributed by atoms with Crippen LogP contribution in [0.2, 0.25) is 0 Å². The standard InChI is InChI=1S/C20H21NO4S.C2H7N/c1-13(15-5-9-16(24-2)10-6-15)12-25-17-7-3-14(4-8-17)11-18-19(22)21-20(23)26-18;1-2-3/h3-10,13,18H,11-12H2,1-2H3,(H,21,22,23);2-3H2,1H3. The van der Waals surface area contributed by atoms with E-state index in [1.165, 1.54) is 5.56 Å². The summed E-state index contributed by atoms with van der Waals surface area (Å²) >= 11 is 1.05. The number of methoxy groups -OCH3 is 1. The number of carbonyl (C=O) groups excluding carboxylic acids is 2. The SMILES string of the molecule is CCN.COc1ccc(C(C)COc2ccc(CC3SC(=O)NC3=O)cc2)cc1. The lowest BCUT2D eigenvalue weighted by atomic mass is 10.0. The summed E-state index contributed by atoms with van der Waals surface area (Å²) in [6.45, 7) is 5.34. The van der Waals surface area contributed by atoms with Crippen molar-refractivity contribution in [2.75, 3.05) is 20.3 Å². The molecule has 0 spiro atoms. The van der Waals surface area contributed by atoms with Gasteiger partial charge in [-0.05, 0) is 48.4 Å². The maximum Gasteiger partial charge on any atom is 0.286 e. The first-order chi connectivity index (χ1) is 14.0. The maximum absolute atomic E-state index is 11.6. The minimum Gasteiger partial charge on any atom is -0.497 e. The minimum atomic E-state index is -0.343. The van der Waals surface area contributed by atoms with Gasteiger partial charge in [-0.2, -0.15) is 0 Å². The number of hydrogen-bond donors (Lipinski definition) is 2. The van der Waals surface area contributed by atoms with Crippen LogP contribution in [0.5, 0.6) is 11.5 Å². The van der Waals surface area contributed by atoms with Gasteiger partial charge < -0.3 is 15.2 Å². The molecule has 0 aliphatic carbocycles. The third kappa shape index (κ3) is 7.11. The Balaban J connectivity index is 0.000000941. The van der Waals surface area contributed by atoms with Gasteiger partial charge in [-0.1, -0.05) is 49.9 Å². The van der Waals surface area contributed by atoms with Gasteiger partial charge in [0.25, 0.3) is 5.24 Å².